The Balaban J connectivity index is 1.56. The van der Waals surface area contributed by atoms with Gasteiger partial charge in [-0.15, -0.1) is 0 Å². The van der Waals surface area contributed by atoms with Crippen LogP contribution in [0.4, 0.5) is 0 Å². The van der Waals surface area contributed by atoms with Crippen LogP contribution in [0, 0.1) is 23.7 Å². The summed E-state index contributed by atoms with van der Waals surface area (Å²) < 4.78 is 5.97. The SMILES string of the molecule is C=C/C(O)=C\C=C(/C)C(=C1C2CC3CC(C2)CC1C3)c1ccc(OCCCCCCO)cc1. The Kier molecular flexibility index (Phi) is 8.14. The number of benzene rings is 1. The van der Waals surface area contributed by atoms with E-state index in [-0.39, 0.29) is 12.4 Å². The molecule has 4 aliphatic rings. The molecule has 0 heterocycles. The van der Waals surface area contributed by atoms with Crippen LogP contribution < -0.4 is 4.74 Å². The lowest BCUT2D eigenvalue weighted by molar-refractivity contribution is 0.0705. The van der Waals surface area contributed by atoms with Gasteiger partial charge in [0.25, 0.3) is 0 Å². The second kappa shape index (κ2) is 11.2. The van der Waals surface area contributed by atoms with Gasteiger partial charge in [0.15, 0.2) is 0 Å². The quantitative estimate of drug-likeness (QED) is 0.211. The number of hydrogen-bond acceptors (Lipinski definition) is 3. The fourth-order valence-electron chi connectivity index (χ4n) is 6.56. The highest BCUT2D eigenvalue weighted by atomic mass is 16.5. The zero-order valence-corrected chi connectivity index (χ0v) is 20.1. The van der Waals surface area contributed by atoms with Gasteiger partial charge in [-0.2, -0.15) is 0 Å². The standard InChI is InChI=1S/C30H40O3/c1-3-27(32)11-8-21(2)29(30-25-17-22-16-23(19-25)20-26(30)18-22)24-9-12-28(13-10-24)33-15-7-5-4-6-14-31/h3,8-13,22-23,25-26,31-32H,1,4-7,14-20H2,2H3/b21-8+,27-11+,30-29?. The lowest BCUT2D eigenvalue weighted by Crippen LogP contribution is -2.40. The van der Waals surface area contributed by atoms with Crippen molar-refractivity contribution in [1.29, 1.82) is 0 Å². The Hall–Kier alpha value is -2.26. The second-order valence-electron chi connectivity index (χ2n) is 10.3. The van der Waals surface area contributed by atoms with E-state index in [0.717, 1.165) is 49.9 Å². The van der Waals surface area contributed by atoms with Gasteiger partial charge in [0.1, 0.15) is 11.5 Å². The normalized spacial score (nSPS) is 26.5. The lowest BCUT2D eigenvalue weighted by Gasteiger charge is -2.52. The Morgan fingerprint density at radius 2 is 1.58 bits per heavy atom. The van der Waals surface area contributed by atoms with Crippen molar-refractivity contribution in [2.45, 2.75) is 64.7 Å². The molecule has 3 nitrogen and oxygen atoms in total. The summed E-state index contributed by atoms with van der Waals surface area (Å²) in [6.45, 7) is 6.84. The van der Waals surface area contributed by atoms with Crippen LogP contribution in [0.3, 0.4) is 0 Å². The Morgan fingerprint density at radius 3 is 2.18 bits per heavy atom. The van der Waals surface area contributed by atoms with E-state index in [4.69, 9.17) is 9.84 Å². The smallest absolute Gasteiger partial charge is 0.119 e. The number of aliphatic hydroxyl groups is 2. The van der Waals surface area contributed by atoms with E-state index in [9.17, 15) is 5.11 Å². The van der Waals surface area contributed by atoms with Gasteiger partial charge in [0.2, 0.25) is 0 Å². The molecule has 0 amide bonds. The highest BCUT2D eigenvalue weighted by Crippen LogP contribution is 2.58. The van der Waals surface area contributed by atoms with Crippen molar-refractivity contribution < 1.29 is 14.9 Å². The van der Waals surface area contributed by atoms with Gasteiger partial charge < -0.3 is 14.9 Å². The molecule has 178 valence electrons. The van der Waals surface area contributed by atoms with Crippen LogP contribution in [0.5, 0.6) is 5.75 Å². The molecular weight excluding hydrogens is 408 g/mol. The molecule has 0 unspecified atom stereocenters. The van der Waals surface area contributed by atoms with Crippen molar-refractivity contribution in [1.82, 2.24) is 0 Å². The van der Waals surface area contributed by atoms with Crippen molar-refractivity contribution in [3.8, 4) is 5.75 Å². The Morgan fingerprint density at radius 1 is 0.939 bits per heavy atom. The minimum atomic E-state index is 0.200. The summed E-state index contributed by atoms with van der Waals surface area (Å²) in [6, 6.07) is 8.62. The van der Waals surface area contributed by atoms with Crippen LogP contribution in [0.15, 0.2) is 66.0 Å². The summed E-state index contributed by atoms with van der Waals surface area (Å²) in [4.78, 5) is 0. The van der Waals surface area contributed by atoms with Gasteiger partial charge in [-0.1, -0.05) is 36.8 Å². The molecule has 0 saturated heterocycles. The van der Waals surface area contributed by atoms with Gasteiger partial charge in [-0.05, 0) is 123 Å². The summed E-state index contributed by atoms with van der Waals surface area (Å²) in [7, 11) is 0. The third-order valence-electron chi connectivity index (χ3n) is 7.88. The molecule has 4 saturated carbocycles. The number of unbranched alkanes of at least 4 members (excludes halogenated alkanes) is 3. The minimum Gasteiger partial charge on any atom is -0.508 e. The fraction of sp³-hybridized carbons (Fsp3) is 0.533. The van der Waals surface area contributed by atoms with E-state index in [1.165, 1.54) is 54.9 Å². The maximum absolute atomic E-state index is 9.91. The molecule has 33 heavy (non-hydrogen) atoms. The summed E-state index contributed by atoms with van der Waals surface area (Å²) >= 11 is 0. The number of rotatable bonds is 11. The fourth-order valence-corrected chi connectivity index (χ4v) is 6.56. The molecule has 4 bridgehead atoms. The van der Waals surface area contributed by atoms with Crippen molar-refractivity contribution in [2.75, 3.05) is 13.2 Å². The molecule has 0 spiro atoms. The molecule has 5 rings (SSSR count). The maximum atomic E-state index is 9.91. The van der Waals surface area contributed by atoms with Crippen LogP contribution in [-0.2, 0) is 0 Å². The molecule has 0 radical (unpaired) electrons. The molecule has 4 aliphatic carbocycles. The van der Waals surface area contributed by atoms with E-state index in [2.05, 4.69) is 37.8 Å². The van der Waals surface area contributed by atoms with E-state index >= 15 is 0 Å². The third kappa shape index (κ3) is 5.81. The van der Waals surface area contributed by atoms with Crippen LogP contribution >= 0.6 is 0 Å². The molecule has 0 aromatic heterocycles. The molecule has 0 atom stereocenters. The van der Waals surface area contributed by atoms with Crippen molar-refractivity contribution in [2.24, 2.45) is 23.7 Å². The average Bonchev–Trinajstić information content (AvgIpc) is 2.82. The first-order chi connectivity index (χ1) is 16.1. The third-order valence-corrected chi connectivity index (χ3v) is 7.88. The van der Waals surface area contributed by atoms with E-state index in [0.29, 0.717) is 11.8 Å². The molecule has 1 aromatic carbocycles. The summed E-state index contributed by atoms with van der Waals surface area (Å²) in [5, 5.41) is 18.8. The summed E-state index contributed by atoms with van der Waals surface area (Å²) in [5.41, 5.74) is 5.52. The molecule has 1 aromatic rings. The van der Waals surface area contributed by atoms with Crippen LogP contribution in [0.2, 0.25) is 0 Å². The monoisotopic (exact) mass is 448 g/mol. The van der Waals surface area contributed by atoms with Gasteiger partial charge in [0.05, 0.1) is 6.61 Å². The zero-order chi connectivity index (χ0) is 23.2. The van der Waals surface area contributed by atoms with Crippen molar-refractivity contribution >= 4 is 5.57 Å². The predicted molar refractivity (Wildman–Crippen MR) is 136 cm³/mol. The van der Waals surface area contributed by atoms with E-state index in [1.807, 2.05) is 6.08 Å². The molecule has 0 aliphatic heterocycles. The number of hydrogen-bond donors (Lipinski definition) is 2. The minimum absolute atomic E-state index is 0.200. The van der Waals surface area contributed by atoms with E-state index in [1.54, 1.807) is 11.6 Å². The second-order valence-corrected chi connectivity index (χ2v) is 10.3. The first-order valence-electron chi connectivity index (χ1n) is 12.9. The van der Waals surface area contributed by atoms with Gasteiger partial charge in [-0.25, -0.2) is 0 Å². The maximum Gasteiger partial charge on any atom is 0.119 e. The molecule has 4 fully saturated rings. The van der Waals surface area contributed by atoms with E-state index < -0.39 is 0 Å². The first-order valence-corrected chi connectivity index (χ1v) is 12.9. The summed E-state index contributed by atoms with van der Waals surface area (Å²) in [6.07, 6.45) is 16.2. The number of aliphatic hydroxyl groups excluding tert-OH is 2. The van der Waals surface area contributed by atoms with Crippen LogP contribution in [0.1, 0.15) is 70.3 Å². The van der Waals surface area contributed by atoms with Gasteiger partial charge in [0, 0.05) is 6.61 Å². The van der Waals surface area contributed by atoms with Crippen LogP contribution in [-0.4, -0.2) is 23.4 Å². The Bertz CT molecular complexity index is 873. The topological polar surface area (TPSA) is 49.7 Å². The van der Waals surface area contributed by atoms with Gasteiger partial charge in [-0.3, -0.25) is 0 Å². The Labute approximate surface area is 199 Å². The number of ether oxygens (including phenoxy) is 1. The predicted octanol–water partition coefficient (Wildman–Crippen LogP) is 7.40. The molecule has 2 N–H and O–H groups in total. The van der Waals surface area contributed by atoms with Crippen molar-refractivity contribution in [3.63, 3.8) is 0 Å². The molecular formula is C30H40O3. The lowest BCUT2D eigenvalue weighted by atomic mass is 9.53. The largest absolute Gasteiger partial charge is 0.508 e. The van der Waals surface area contributed by atoms with Crippen molar-refractivity contribution in [3.05, 3.63) is 71.5 Å². The van der Waals surface area contributed by atoms with Crippen LogP contribution in [0.25, 0.3) is 5.57 Å². The number of allylic oxidation sites excluding steroid dienone is 6. The summed E-state index contributed by atoms with van der Waals surface area (Å²) in [5.74, 6) is 4.41. The average molecular weight is 449 g/mol. The molecule has 3 heteroatoms. The highest BCUT2D eigenvalue weighted by molar-refractivity contribution is 5.82. The van der Waals surface area contributed by atoms with Gasteiger partial charge >= 0.3 is 0 Å². The zero-order valence-electron chi connectivity index (χ0n) is 20.1. The highest BCUT2D eigenvalue weighted by Gasteiger charge is 2.46. The first kappa shape index (κ1) is 23.9.